The maximum atomic E-state index is 11.8. The number of nitrogens with zero attached hydrogens (tertiary/aromatic N) is 3. The van der Waals surface area contributed by atoms with Gasteiger partial charge in [0.25, 0.3) is 0 Å². The predicted octanol–water partition coefficient (Wildman–Crippen LogP) is -0.376. The number of aromatic nitrogens is 3. The third kappa shape index (κ3) is 2.76. The highest BCUT2D eigenvalue weighted by Crippen LogP contribution is 2.03. The topological polar surface area (TPSA) is 82.9 Å². The standard InChI is InChI=1S/C12H12N4O2S/c1-15-4-5-16(12(18)11(15)17)7-8-2-3-14-9(6-8)10(13)19/h2-6H,7H2,1H3,(H2,13,19). The van der Waals surface area contributed by atoms with Crippen molar-refractivity contribution in [3.05, 3.63) is 62.7 Å². The Morgan fingerprint density at radius 2 is 2.11 bits per heavy atom. The summed E-state index contributed by atoms with van der Waals surface area (Å²) in [5.41, 5.74) is 5.65. The first kappa shape index (κ1) is 13.2. The zero-order chi connectivity index (χ0) is 14.0. The van der Waals surface area contributed by atoms with E-state index in [0.29, 0.717) is 5.69 Å². The molecule has 0 bridgehead atoms. The van der Waals surface area contributed by atoms with Crippen LogP contribution in [0.2, 0.25) is 0 Å². The molecule has 2 heterocycles. The molecule has 19 heavy (non-hydrogen) atoms. The largest absolute Gasteiger partial charge is 0.388 e. The van der Waals surface area contributed by atoms with Crippen LogP contribution in [0.3, 0.4) is 0 Å². The van der Waals surface area contributed by atoms with Gasteiger partial charge < -0.3 is 14.9 Å². The lowest BCUT2D eigenvalue weighted by Crippen LogP contribution is -2.39. The molecule has 0 radical (unpaired) electrons. The number of hydrogen-bond acceptors (Lipinski definition) is 4. The average molecular weight is 276 g/mol. The number of nitrogens with two attached hydrogens (primary N) is 1. The Labute approximate surface area is 114 Å². The van der Waals surface area contributed by atoms with E-state index in [2.05, 4.69) is 4.98 Å². The quantitative estimate of drug-likeness (QED) is 0.610. The molecule has 0 saturated carbocycles. The number of pyridine rings is 1. The van der Waals surface area contributed by atoms with Gasteiger partial charge in [-0.3, -0.25) is 14.6 Å². The smallest absolute Gasteiger partial charge is 0.316 e. The molecule has 0 aromatic carbocycles. The van der Waals surface area contributed by atoms with Crippen LogP contribution in [0.1, 0.15) is 11.3 Å². The maximum absolute atomic E-state index is 11.8. The molecule has 2 aromatic rings. The molecule has 0 saturated heterocycles. The van der Waals surface area contributed by atoms with Gasteiger partial charge in [-0.05, 0) is 17.7 Å². The second kappa shape index (κ2) is 5.15. The van der Waals surface area contributed by atoms with Gasteiger partial charge in [0.2, 0.25) is 0 Å². The van der Waals surface area contributed by atoms with Crippen LogP contribution in [0, 0.1) is 0 Å². The molecule has 0 aliphatic heterocycles. The molecule has 0 unspecified atom stereocenters. The maximum Gasteiger partial charge on any atom is 0.316 e. The van der Waals surface area contributed by atoms with Crippen LogP contribution >= 0.6 is 12.2 Å². The van der Waals surface area contributed by atoms with Crippen LogP contribution in [0.5, 0.6) is 0 Å². The van der Waals surface area contributed by atoms with E-state index in [0.717, 1.165) is 5.56 Å². The second-order valence-corrected chi connectivity index (χ2v) is 4.50. The Morgan fingerprint density at radius 3 is 2.79 bits per heavy atom. The minimum absolute atomic E-state index is 0.193. The summed E-state index contributed by atoms with van der Waals surface area (Å²) in [6.45, 7) is 0.271. The molecule has 2 rings (SSSR count). The molecular formula is C12H12N4O2S. The molecule has 0 atom stereocenters. The molecule has 0 spiro atoms. The second-order valence-electron chi connectivity index (χ2n) is 4.06. The molecule has 2 aromatic heterocycles. The first-order chi connectivity index (χ1) is 8.99. The fraction of sp³-hybridized carbons (Fsp3) is 0.167. The summed E-state index contributed by atoms with van der Waals surface area (Å²) in [5.74, 6) is 0. The van der Waals surface area contributed by atoms with E-state index in [1.54, 1.807) is 30.7 Å². The molecule has 7 heteroatoms. The predicted molar refractivity (Wildman–Crippen MR) is 75.2 cm³/mol. The van der Waals surface area contributed by atoms with Gasteiger partial charge in [-0.25, -0.2) is 0 Å². The number of thiocarbonyl (C=S) groups is 1. The molecule has 0 aliphatic rings. The van der Waals surface area contributed by atoms with Crippen molar-refractivity contribution in [2.75, 3.05) is 0 Å². The van der Waals surface area contributed by atoms with Crippen LogP contribution < -0.4 is 16.9 Å². The van der Waals surface area contributed by atoms with Crippen molar-refractivity contribution in [2.45, 2.75) is 6.54 Å². The van der Waals surface area contributed by atoms with E-state index in [1.807, 2.05) is 0 Å². The monoisotopic (exact) mass is 276 g/mol. The van der Waals surface area contributed by atoms with Gasteiger partial charge in [0.05, 0.1) is 12.2 Å². The van der Waals surface area contributed by atoms with Gasteiger partial charge in [-0.2, -0.15) is 0 Å². The summed E-state index contributed by atoms with van der Waals surface area (Å²) in [6.07, 6.45) is 4.67. The van der Waals surface area contributed by atoms with Crippen LogP contribution in [0.25, 0.3) is 0 Å². The Kier molecular flexibility index (Phi) is 3.57. The Morgan fingerprint density at radius 1 is 1.37 bits per heavy atom. The van der Waals surface area contributed by atoms with Crippen LogP contribution in [0.4, 0.5) is 0 Å². The Hall–Kier alpha value is -2.28. The highest BCUT2D eigenvalue weighted by atomic mass is 32.1. The average Bonchev–Trinajstić information content (AvgIpc) is 2.40. The van der Waals surface area contributed by atoms with E-state index >= 15 is 0 Å². The number of aryl methyl sites for hydroxylation is 1. The fourth-order valence-corrected chi connectivity index (χ4v) is 1.73. The molecular weight excluding hydrogens is 264 g/mol. The summed E-state index contributed by atoms with van der Waals surface area (Å²) in [4.78, 5) is 27.5. The van der Waals surface area contributed by atoms with Crippen molar-refractivity contribution >= 4 is 17.2 Å². The van der Waals surface area contributed by atoms with Gasteiger partial charge >= 0.3 is 11.1 Å². The molecule has 98 valence electrons. The third-order valence-corrected chi connectivity index (χ3v) is 2.87. The summed E-state index contributed by atoms with van der Waals surface area (Å²) in [6, 6.07) is 3.44. The summed E-state index contributed by atoms with van der Waals surface area (Å²) < 4.78 is 2.58. The summed E-state index contributed by atoms with van der Waals surface area (Å²) in [5, 5.41) is 0. The minimum Gasteiger partial charge on any atom is -0.388 e. The van der Waals surface area contributed by atoms with E-state index in [1.165, 1.54) is 16.2 Å². The van der Waals surface area contributed by atoms with E-state index in [-0.39, 0.29) is 11.5 Å². The Bertz CT molecular complexity index is 748. The van der Waals surface area contributed by atoms with Crippen LogP contribution in [-0.4, -0.2) is 19.1 Å². The first-order valence-corrected chi connectivity index (χ1v) is 5.90. The lowest BCUT2D eigenvalue weighted by molar-refractivity contribution is 0.694. The zero-order valence-corrected chi connectivity index (χ0v) is 11.1. The van der Waals surface area contributed by atoms with E-state index in [4.69, 9.17) is 18.0 Å². The Balaban J connectivity index is 2.40. The van der Waals surface area contributed by atoms with Crippen molar-refractivity contribution in [2.24, 2.45) is 12.8 Å². The zero-order valence-electron chi connectivity index (χ0n) is 10.2. The number of hydrogen-bond donors (Lipinski definition) is 1. The normalized spacial score (nSPS) is 10.4. The molecule has 0 amide bonds. The summed E-state index contributed by atoms with van der Waals surface area (Å²) in [7, 11) is 1.53. The molecule has 0 fully saturated rings. The van der Waals surface area contributed by atoms with Crippen molar-refractivity contribution in [3.63, 3.8) is 0 Å². The summed E-state index contributed by atoms with van der Waals surface area (Å²) >= 11 is 4.84. The first-order valence-electron chi connectivity index (χ1n) is 5.50. The van der Waals surface area contributed by atoms with Gasteiger partial charge in [0, 0.05) is 25.6 Å². The van der Waals surface area contributed by atoms with Gasteiger partial charge in [-0.15, -0.1) is 0 Å². The van der Waals surface area contributed by atoms with E-state index < -0.39 is 11.1 Å². The van der Waals surface area contributed by atoms with Crippen molar-refractivity contribution in [1.82, 2.24) is 14.1 Å². The lowest BCUT2D eigenvalue weighted by atomic mass is 10.2. The van der Waals surface area contributed by atoms with E-state index in [9.17, 15) is 9.59 Å². The fourth-order valence-electron chi connectivity index (χ4n) is 1.62. The SMILES string of the molecule is Cn1ccn(Cc2ccnc(C(N)=S)c2)c(=O)c1=O. The molecule has 2 N–H and O–H groups in total. The van der Waals surface area contributed by atoms with Crippen LogP contribution in [-0.2, 0) is 13.6 Å². The van der Waals surface area contributed by atoms with Crippen molar-refractivity contribution in [1.29, 1.82) is 0 Å². The van der Waals surface area contributed by atoms with Crippen molar-refractivity contribution < 1.29 is 0 Å². The van der Waals surface area contributed by atoms with Gasteiger partial charge in [0.15, 0.2) is 0 Å². The van der Waals surface area contributed by atoms with Crippen molar-refractivity contribution in [3.8, 4) is 0 Å². The van der Waals surface area contributed by atoms with Gasteiger partial charge in [-0.1, -0.05) is 12.2 Å². The minimum atomic E-state index is -0.571. The van der Waals surface area contributed by atoms with Crippen LogP contribution in [0.15, 0.2) is 40.3 Å². The lowest BCUT2D eigenvalue weighted by Gasteiger charge is -2.07. The number of rotatable bonds is 3. The molecule has 6 nitrogen and oxygen atoms in total. The highest BCUT2D eigenvalue weighted by molar-refractivity contribution is 7.80. The highest BCUT2D eigenvalue weighted by Gasteiger charge is 2.05. The van der Waals surface area contributed by atoms with Gasteiger partial charge in [0.1, 0.15) is 4.99 Å². The third-order valence-electron chi connectivity index (χ3n) is 2.66. The molecule has 0 aliphatic carbocycles.